The van der Waals surface area contributed by atoms with Gasteiger partial charge >= 0.3 is 0 Å². The monoisotopic (exact) mass is 370 g/mol. The first-order chi connectivity index (χ1) is 13.0. The summed E-state index contributed by atoms with van der Waals surface area (Å²) in [6.07, 6.45) is 1.55. The fraction of sp³-hybridized carbons (Fsp3) is 0.316. The smallest absolute Gasteiger partial charge is 0.295 e. The predicted octanol–water partition coefficient (Wildman–Crippen LogP) is 3.70. The Balaban J connectivity index is 1.68. The van der Waals surface area contributed by atoms with Crippen LogP contribution in [0, 0.1) is 27.3 Å². The van der Waals surface area contributed by atoms with Crippen LogP contribution in [0.5, 0.6) is 5.75 Å². The van der Waals surface area contributed by atoms with Crippen LogP contribution in [0.3, 0.4) is 0 Å². The summed E-state index contributed by atoms with van der Waals surface area (Å²) >= 11 is 0. The molecule has 3 rings (SSSR count). The second-order valence-corrected chi connectivity index (χ2v) is 6.33. The Bertz CT molecular complexity index is 872. The van der Waals surface area contributed by atoms with E-state index < -0.39 is 10.7 Å². The molecular formula is C19H19FN4O3. The SMILES string of the molecule is COc1cc(NC2CCN(c3ccc(C#N)cc3)CC2)c([N+](=O)[O-])cc1F. The third-order valence-electron chi connectivity index (χ3n) is 4.68. The van der Waals surface area contributed by atoms with Crippen molar-refractivity contribution in [1.29, 1.82) is 5.26 Å². The summed E-state index contributed by atoms with van der Waals surface area (Å²) in [7, 11) is 1.32. The normalized spacial score (nSPS) is 14.5. The first-order valence-corrected chi connectivity index (χ1v) is 8.55. The van der Waals surface area contributed by atoms with Crippen molar-refractivity contribution in [3.8, 4) is 11.8 Å². The quantitative estimate of drug-likeness (QED) is 0.637. The van der Waals surface area contributed by atoms with Crippen molar-refractivity contribution < 1.29 is 14.1 Å². The summed E-state index contributed by atoms with van der Waals surface area (Å²) in [5.74, 6) is -0.788. The number of nitro groups is 1. The Morgan fingerprint density at radius 3 is 2.52 bits per heavy atom. The third-order valence-corrected chi connectivity index (χ3v) is 4.68. The minimum atomic E-state index is -0.759. The van der Waals surface area contributed by atoms with E-state index in [2.05, 4.69) is 16.3 Å². The van der Waals surface area contributed by atoms with Gasteiger partial charge in [0.05, 0.1) is 29.7 Å². The van der Waals surface area contributed by atoms with Crippen molar-refractivity contribution in [2.45, 2.75) is 18.9 Å². The third kappa shape index (κ3) is 4.08. The highest BCUT2D eigenvalue weighted by Gasteiger charge is 2.24. The molecule has 1 aliphatic heterocycles. The summed E-state index contributed by atoms with van der Waals surface area (Å²) in [4.78, 5) is 12.8. The molecule has 27 heavy (non-hydrogen) atoms. The predicted molar refractivity (Wildman–Crippen MR) is 99.6 cm³/mol. The molecule has 1 fully saturated rings. The molecule has 0 spiro atoms. The zero-order chi connectivity index (χ0) is 19.4. The number of hydrogen-bond donors (Lipinski definition) is 1. The van der Waals surface area contributed by atoms with Crippen LogP contribution in [0.25, 0.3) is 0 Å². The van der Waals surface area contributed by atoms with Gasteiger partial charge in [0, 0.05) is 30.9 Å². The van der Waals surface area contributed by atoms with Gasteiger partial charge in [-0.25, -0.2) is 4.39 Å². The van der Waals surface area contributed by atoms with E-state index in [4.69, 9.17) is 10.00 Å². The van der Waals surface area contributed by atoms with Gasteiger partial charge in [0.25, 0.3) is 5.69 Å². The van der Waals surface area contributed by atoms with Crippen LogP contribution in [0.1, 0.15) is 18.4 Å². The summed E-state index contributed by atoms with van der Waals surface area (Å²) in [5, 5.41) is 23.3. The van der Waals surface area contributed by atoms with Crippen LogP contribution in [0.15, 0.2) is 36.4 Å². The van der Waals surface area contributed by atoms with Crippen molar-refractivity contribution in [3.63, 3.8) is 0 Å². The molecule has 0 radical (unpaired) electrons. The Kier molecular flexibility index (Phi) is 5.41. The lowest BCUT2D eigenvalue weighted by Crippen LogP contribution is -2.39. The average molecular weight is 370 g/mol. The number of anilines is 2. The molecule has 2 aromatic carbocycles. The summed E-state index contributed by atoms with van der Waals surface area (Å²) in [5.41, 5.74) is 1.62. The standard InChI is InChI=1S/C19H19FN4O3/c1-27-19-11-17(18(24(25)26)10-16(19)20)22-14-6-8-23(9-7-14)15-4-2-13(12-21)3-5-15/h2-5,10-11,14,22H,6-9H2,1H3. The molecule has 1 saturated heterocycles. The Labute approximate surface area is 156 Å². The van der Waals surface area contributed by atoms with E-state index in [1.54, 1.807) is 12.1 Å². The Morgan fingerprint density at radius 1 is 1.30 bits per heavy atom. The van der Waals surface area contributed by atoms with E-state index in [0.29, 0.717) is 5.56 Å². The second kappa shape index (κ2) is 7.91. The van der Waals surface area contributed by atoms with E-state index in [1.807, 2.05) is 12.1 Å². The second-order valence-electron chi connectivity index (χ2n) is 6.33. The van der Waals surface area contributed by atoms with E-state index in [0.717, 1.165) is 37.7 Å². The van der Waals surface area contributed by atoms with Gasteiger partial charge in [0.15, 0.2) is 11.6 Å². The van der Waals surface area contributed by atoms with Crippen LogP contribution in [-0.4, -0.2) is 31.2 Å². The molecule has 1 N–H and O–H groups in total. The minimum Gasteiger partial charge on any atom is -0.494 e. The molecular weight excluding hydrogens is 351 g/mol. The lowest BCUT2D eigenvalue weighted by atomic mass is 10.0. The van der Waals surface area contributed by atoms with Gasteiger partial charge in [0.1, 0.15) is 5.69 Å². The van der Waals surface area contributed by atoms with Crippen molar-refractivity contribution in [3.05, 3.63) is 57.9 Å². The van der Waals surface area contributed by atoms with Gasteiger partial charge < -0.3 is 15.0 Å². The van der Waals surface area contributed by atoms with Crippen molar-refractivity contribution in [2.24, 2.45) is 0 Å². The first-order valence-electron chi connectivity index (χ1n) is 8.55. The molecule has 1 aliphatic rings. The number of benzene rings is 2. The van der Waals surface area contributed by atoms with E-state index in [9.17, 15) is 14.5 Å². The molecule has 8 heteroatoms. The van der Waals surface area contributed by atoms with Crippen LogP contribution in [-0.2, 0) is 0 Å². The van der Waals surface area contributed by atoms with Crippen molar-refractivity contribution >= 4 is 17.1 Å². The molecule has 7 nitrogen and oxygen atoms in total. The number of rotatable bonds is 5. The first kappa shape index (κ1) is 18.5. The zero-order valence-corrected chi connectivity index (χ0v) is 14.8. The maximum Gasteiger partial charge on any atom is 0.295 e. The largest absolute Gasteiger partial charge is 0.494 e. The van der Waals surface area contributed by atoms with Crippen LogP contribution in [0.4, 0.5) is 21.5 Å². The number of nitro benzene ring substituents is 1. The average Bonchev–Trinajstić information content (AvgIpc) is 2.69. The lowest BCUT2D eigenvalue weighted by molar-refractivity contribution is -0.384. The maximum absolute atomic E-state index is 13.8. The van der Waals surface area contributed by atoms with Crippen LogP contribution < -0.4 is 15.0 Å². The number of nitriles is 1. The molecule has 2 aromatic rings. The van der Waals surface area contributed by atoms with Crippen LogP contribution >= 0.6 is 0 Å². The van der Waals surface area contributed by atoms with Crippen molar-refractivity contribution in [1.82, 2.24) is 0 Å². The summed E-state index contributed by atoms with van der Waals surface area (Å²) in [6, 6.07) is 11.8. The molecule has 0 amide bonds. The Morgan fingerprint density at radius 2 is 1.96 bits per heavy atom. The van der Waals surface area contributed by atoms with Crippen LogP contribution in [0.2, 0.25) is 0 Å². The van der Waals surface area contributed by atoms with Gasteiger partial charge in [-0.15, -0.1) is 0 Å². The van der Waals surface area contributed by atoms with E-state index in [1.165, 1.54) is 13.2 Å². The zero-order valence-electron chi connectivity index (χ0n) is 14.8. The van der Waals surface area contributed by atoms with Gasteiger partial charge in [-0.2, -0.15) is 5.26 Å². The Hall–Kier alpha value is -3.34. The van der Waals surface area contributed by atoms with Gasteiger partial charge in [0.2, 0.25) is 0 Å². The van der Waals surface area contributed by atoms with Gasteiger partial charge in [-0.1, -0.05) is 0 Å². The number of piperidine rings is 1. The topological polar surface area (TPSA) is 91.4 Å². The number of nitrogens with zero attached hydrogens (tertiary/aromatic N) is 3. The number of ether oxygens (including phenoxy) is 1. The number of hydrogen-bond acceptors (Lipinski definition) is 6. The molecule has 0 aromatic heterocycles. The van der Waals surface area contributed by atoms with E-state index in [-0.39, 0.29) is 23.2 Å². The summed E-state index contributed by atoms with van der Waals surface area (Å²) < 4.78 is 18.7. The highest BCUT2D eigenvalue weighted by molar-refractivity contribution is 5.65. The fourth-order valence-corrected chi connectivity index (χ4v) is 3.21. The maximum atomic E-state index is 13.8. The molecule has 0 aliphatic carbocycles. The molecule has 0 saturated carbocycles. The number of halogens is 1. The molecule has 1 heterocycles. The van der Waals surface area contributed by atoms with Gasteiger partial charge in [-0.3, -0.25) is 10.1 Å². The highest BCUT2D eigenvalue weighted by atomic mass is 19.1. The molecule has 140 valence electrons. The van der Waals surface area contributed by atoms with E-state index >= 15 is 0 Å². The highest BCUT2D eigenvalue weighted by Crippen LogP contribution is 2.33. The van der Waals surface area contributed by atoms with Crippen molar-refractivity contribution in [2.75, 3.05) is 30.4 Å². The number of methoxy groups -OCH3 is 1. The fourth-order valence-electron chi connectivity index (χ4n) is 3.21. The molecule has 0 unspecified atom stereocenters. The summed E-state index contributed by atoms with van der Waals surface area (Å²) in [6.45, 7) is 1.55. The van der Waals surface area contributed by atoms with Gasteiger partial charge in [-0.05, 0) is 37.1 Å². The minimum absolute atomic E-state index is 0.0295. The number of nitrogens with one attached hydrogen (secondary N) is 1. The molecule has 0 atom stereocenters. The lowest BCUT2D eigenvalue weighted by Gasteiger charge is -2.34. The molecule has 0 bridgehead atoms.